The molecule has 0 aliphatic rings. The van der Waals surface area contributed by atoms with Crippen LogP contribution in [0.1, 0.15) is 265 Å². The van der Waals surface area contributed by atoms with Crippen molar-refractivity contribution < 1.29 is 28.6 Å². The molecule has 0 saturated heterocycles. The molecule has 0 bridgehead atoms. The number of hydrogen-bond donors (Lipinski definition) is 0. The Balaban J connectivity index is 4.47. The van der Waals surface area contributed by atoms with Gasteiger partial charge in [0.15, 0.2) is 6.10 Å². The zero-order chi connectivity index (χ0) is 50.0. The molecule has 0 amide bonds. The molecular weight excluding hydrogens is 853 g/mol. The van der Waals surface area contributed by atoms with Crippen LogP contribution in [0.5, 0.6) is 0 Å². The Bertz CT molecular complexity index is 1380. The smallest absolute Gasteiger partial charge is 0.306 e. The Morgan fingerprint density at radius 1 is 0.319 bits per heavy atom. The maximum Gasteiger partial charge on any atom is 0.306 e. The average molecular weight is 960 g/mol. The van der Waals surface area contributed by atoms with Gasteiger partial charge in [-0.25, -0.2) is 0 Å². The van der Waals surface area contributed by atoms with Crippen LogP contribution in [0.2, 0.25) is 0 Å². The van der Waals surface area contributed by atoms with Crippen LogP contribution in [0.3, 0.4) is 0 Å². The Labute approximate surface area is 426 Å². The molecule has 1 atom stereocenters. The van der Waals surface area contributed by atoms with E-state index in [-0.39, 0.29) is 31.1 Å². The SMILES string of the molecule is CC/C=C\C/C=C\C/C=C\CCCCCCCCC(=O)OCC(COC(=O)CCCCCCC\C=C/C=C\C=C/CCCCCCC)OC(=O)CCCCCCCCC/C=C\C/C=C\CCCCC. The Morgan fingerprint density at radius 2 is 0.623 bits per heavy atom. The zero-order valence-electron chi connectivity index (χ0n) is 45.0. The monoisotopic (exact) mass is 959 g/mol. The minimum Gasteiger partial charge on any atom is -0.462 e. The molecule has 0 N–H and O–H groups in total. The molecule has 0 aromatic rings. The van der Waals surface area contributed by atoms with Crippen molar-refractivity contribution in [3.63, 3.8) is 0 Å². The summed E-state index contributed by atoms with van der Waals surface area (Å²) in [7, 11) is 0. The summed E-state index contributed by atoms with van der Waals surface area (Å²) in [6.07, 6.45) is 75.3. The highest BCUT2D eigenvalue weighted by Gasteiger charge is 2.19. The summed E-state index contributed by atoms with van der Waals surface area (Å²) in [6, 6.07) is 0. The van der Waals surface area contributed by atoms with Gasteiger partial charge in [0.05, 0.1) is 0 Å². The molecule has 394 valence electrons. The molecule has 0 heterocycles. The van der Waals surface area contributed by atoms with E-state index in [1.807, 2.05) is 0 Å². The molecule has 0 aromatic heterocycles. The number of unbranched alkanes of at least 4 members (excludes halogenated alkanes) is 26. The molecule has 1 unspecified atom stereocenters. The maximum atomic E-state index is 12.9. The molecule has 0 aromatic carbocycles. The lowest BCUT2D eigenvalue weighted by molar-refractivity contribution is -0.167. The minimum atomic E-state index is -0.798. The largest absolute Gasteiger partial charge is 0.462 e. The first-order chi connectivity index (χ1) is 34.0. The molecule has 0 aliphatic carbocycles. The summed E-state index contributed by atoms with van der Waals surface area (Å²) in [6.45, 7) is 6.46. The number of carbonyl (C=O) groups is 3. The normalized spacial score (nSPS) is 12.8. The van der Waals surface area contributed by atoms with Crippen LogP contribution in [0.4, 0.5) is 0 Å². The van der Waals surface area contributed by atoms with Crippen molar-refractivity contribution in [1.82, 2.24) is 0 Å². The van der Waals surface area contributed by atoms with Gasteiger partial charge in [-0.15, -0.1) is 0 Å². The molecule has 0 rings (SSSR count). The summed E-state index contributed by atoms with van der Waals surface area (Å²) in [4.78, 5) is 38.2. The van der Waals surface area contributed by atoms with Gasteiger partial charge in [0.1, 0.15) is 13.2 Å². The van der Waals surface area contributed by atoms with Gasteiger partial charge >= 0.3 is 17.9 Å². The number of rotatable bonds is 51. The number of allylic oxidation sites excluding steroid dienone is 16. The third kappa shape index (κ3) is 55.1. The molecule has 69 heavy (non-hydrogen) atoms. The van der Waals surface area contributed by atoms with Crippen LogP contribution in [-0.4, -0.2) is 37.2 Å². The number of hydrogen-bond acceptors (Lipinski definition) is 6. The zero-order valence-corrected chi connectivity index (χ0v) is 45.0. The second-order valence-electron chi connectivity index (χ2n) is 18.9. The maximum absolute atomic E-state index is 12.9. The van der Waals surface area contributed by atoms with Gasteiger partial charge in [0, 0.05) is 19.3 Å². The minimum absolute atomic E-state index is 0.0951. The summed E-state index contributed by atoms with van der Waals surface area (Å²) in [5, 5.41) is 0. The fourth-order valence-electron chi connectivity index (χ4n) is 7.78. The number of carbonyl (C=O) groups excluding carboxylic acids is 3. The quantitative estimate of drug-likeness (QED) is 0.0199. The second kappa shape index (κ2) is 56.9. The van der Waals surface area contributed by atoms with Crippen LogP contribution in [0.15, 0.2) is 97.2 Å². The summed E-state index contributed by atoms with van der Waals surface area (Å²) < 4.78 is 16.8. The molecule has 6 nitrogen and oxygen atoms in total. The van der Waals surface area contributed by atoms with Crippen LogP contribution in [0.25, 0.3) is 0 Å². The second-order valence-corrected chi connectivity index (χ2v) is 18.9. The van der Waals surface area contributed by atoms with Gasteiger partial charge < -0.3 is 14.2 Å². The van der Waals surface area contributed by atoms with E-state index in [0.717, 1.165) is 122 Å². The fraction of sp³-hybridized carbons (Fsp3) is 0.698. The van der Waals surface area contributed by atoms with Gasteiger partial charge in [0.25, 0.3) is 0 Å². The third-order valence-corrected chi connectivity index (χ3v) is 12.1. The summed E-state index contributed by atoms with van der Waals surface area (Å²) >= 11 is 0. The standard InChI is InChI=1S/C63H106O6/c1-4-7-10-13-16-19-22-25-28-31-33-35-38-41-44-47-50-53-56-62(65)68-59-60(58-67-61(64)55-52-49-46-43-40-37-34-30-27-24-21-18-15-12-9-6-3)69-63(66)57-54-51-48-45-42-39-36-32-29-26-23-20-17-14-11-8-5-2/h9,12,17-18,20-22,25-31,33,35,60H,4-8,10-11,13-16,19,23-24,32,34,36-59H2,1-3H3/b12-9-,20-17-,21-18-,25-22-,29-26-,30-27-,31-28-,35-33-. The lowest BCUT2D eigenvalue weighted by atomic mass is 10.1. The van der Waals surface area contributed by atoms with Crippen LogP contribution in [-0.2, 0) is 28.6 Å². The van der Waals surface area contributed by atoms with Crippen molar-refractivity contribution in [2.24, 2.45) is 0 Å². The fourth-order valence-corrected chi connectivity index (χ4v) is 7.78. The van der Waals surface area contributed by atoms with Gasteiger partial charge in [-0.1, -0.05) is 234 Å². The third-order valence-electron chi connectivity index (χ3n) is 12.1. The molecular formula is C63H106O6. The molecule has 0 fully saturated rings. The number of esters is 3. The van der Waals surface area contributed by atoms with Gasteiger partial charge in [-0.2, -0.15) is 0 Å². The predicted octanol–water partition coefficient (Wildman–Crippen LogP) is 19.3. The highest BCUT2D eigenvalue weighted by atomic mass is 16.6. The number of ether oxygens (including phenoxy) is 3. The first kappa shape index (κ1) is 65.3. The van der Waals surface area contributed by atoms with E-state index < -0.39 is 6.10 Å². The molecule has 0 radical (unpaired) electrons. The molecule has 6 heteroatoms. The van der Waals surface area contributed by atoms with Crippen LogP contribution >= 0.6 is 0 Å². The summed E-state index contributed by atoms with van der Waals surface area (Å²) in [5.74, 6) is -0.931. The van der Waals surface area contributed by atoms with Gasteiger partial charge in [-0.3, -0.25) is 14.4 Å². The Kier molecular flexibility index (Phi) is 53.9. The molecule has 0 aliphatic heterocycles. The van der Waals surface area contributed by atoms with E-state index in [4.69, 9.17) is 14.2 Å². The van der Waals surface area contributed by atoms with Gasteiger partial charge in [0.2, 0.25) is 0 Å². The van der Waals surface area contributed by atoms with Crippen molar-refractivity contribution in [3.8, 4) is 0 Å². The van der Waals surface area contributed by atoms with E-state index in [9.17, 15) is 14.4 Å². The molecule has 0 spiro atoms. The van der Waals surface area contributed by atoms with Crippen LogP contribution in [0, 0.1) is 0 Å². The van der Waals surface area contributed by atoms with Crippen LogP contribution < -0.4 is 0 Å². The molecule has 0 saturated carbocycles. The first-order valence-electron chi connectivity index (χ1n) is 28.8. The lowest BCUT2D eigenvalue weighted by Crippen LogP contribution is -2.30. The van der Waals surface area contributed by atoms with E-state index in [2.05, 4.69) is 118 Å². The predicted molar refractivity (Wildman–Crippen MR) is 297 cm³/mol. The van der Waals surface area contributed by atoms with Crippen molar-refractivity contribution in [1.29, 1.82) is 0 Å². The van der Waals surface area contributed by atoms with Crippen molar-refractivity contribution >= 4 is 17.9 Å². The van der Waals surface area contributed by atoms with Crippen molar-refractivity contribution in [2.45, 2.75) is 271 Å². The lowest BCUT2D eigenvalue weighted by Gasteiger charge is -2.18. The Morgan fingerprint density at radius 3 is 1.03 bits per heavy atom. The van der Waals surface area contributed by atoms with E-state index >= 15 is 0 Å². The van der Waals surface area contributed by atoms with E-state index in [1.165, 1.54) is 103 Å². The van der Waals surface area contributed by atoms with E-state index in [1.54, 1.807) is 0 Å². The van der Waals surface area contributed by atoms with Crippen molar-refractivity contribution in [2.75, 3.05) is 13.2 Å². The van der Waals surface area contributed by atoms with Gasteiger partial charge in [-0.05, 0) is 109 Å². The highest BCUT2D eigenvalue weighted by Crippen LogP contribution is 2.14. The van der Waals surface area contributed by atoms with E-state index in [0.29, 0.717) is 19.3 Å². The Hall–Kier alpha value is -3.67. The van der Waals surface area contributed by atoms with Crippen molar-refractivity contribution in [3.05, 3.63) is 97.2 Å². The average Bonchev–Trinajstić information content (AvgIpc) is 3.35. The summed E-state index contributed by atoms with van der Waals surface area (Å²) in [5.41, 5.74) is 0. The topological polar surface area (TPSA) is 78.9 Å². The first-order valence-corrected chi connectivity index (χ1v) is 28.8. The highest BCUT2D eigenvalue weighted by molar-refractivity contribution is 5.71.